The third-order valence-electron chi connectivity index (χ3n) is 4.19. The van der Waals surface area contributed by atoms with Gasteiger partial charge in [0.1, 0.15) is 5.82 Å². The Bertz CT molecular complexity index is 797. The number of likely N-dealkylation sites (tertiary alicyclic amines) is 1. The van der Waals surface area contributed by atoms with E-state index in [4.69, 9.17) is 11.6 Å². The molecule has 1 aliphatic heterocycles. The number of carbonyl (C=O) groups is 1. The topological polar surface area (TPSA) is 58.1 Å². The van der Waals surface area contributed by atoms with Crippen LogP contribution < -0.4 is 5.32 Å². The van der Waals surface area contributed by atoms with Crippen molar-refractivity contribution in [1.82, 2.24) is 15.1 Å². The molecule has 1 atom stereocenters. The highest BCUT2D eigenvalue weighted by Crippen LogP contribution is 2.26. The van der Waals surface area contributed by atoms with Crippen LogP contribution in [0, 0.1) is 11.7 Å². The van der Waals surface area contributed by atoms with E-state index in [-0.39, 0.29) is 17.0 Å². The lowest BCUT2D eigenvalue weighted by molar-refractivity contribution is 0.197. The van der Waals surface area contributed by atoms with Crippen molar-refractivity contribution in [2.75, 3.05) is 18.4 Å². The molecule has 1 fully saturated rings. The minimum Gasteiger partial charge on any atom is -0.324 e. The molecule has 2 amide bonds. The molecule has 130 valence electrons. The quantitative estimate of drug-likeness (QED) is 0.872. The summed E-state index contributed by atoms with van der Waals surface area (Å²) in [5.74, 6) is 0.208. The van der Waals surface area contributed by atoms with Crippen LogP contribution in [-0.2, 0) is 0 Å². The monoisotopic (exact) mass is 360 g/mol. The second kappa shape index (κ2) is 7.61. The largest absolute Gasteiger partial charge is 0.324 e. The van der Waals surface area contributed by atoms with Crippen LogP contribution in [-0.4, -0.2) is 34.2 Å². The Morgan fingerprint density at radius 2 is 2.28 bits per heavy atom. The number of nitrogens with zero attached hydrogens (tertiary/aromatic N) is 3. The molecule has 1 aromatic heterocycles. The first kappa shape index (κ1) is 17.4. The van der Waals surface area contributed by atoms with Crippen LogP contribution in [0.3, 0.4) is 0 Å². The molecule has 7 heteroatoms. The van der Waals surface area contributed by atoms with Gasteiger partial charge in [-0.25, -0.2) is 9.18 Å². The molecular weight excluding hydrogens is 343 g/mol. The van der Waals surface area contributed by atoms with Gasteiger partial charge in [-0.2, -0.15) is 5.10 Å². The molecule has 1 aromatic carbocycles. The summed E-state index contributed by atoms with van der Waals surface area (Å²) in [5.41, 5.74) is 2.08. The summed E-state index contributed by atoms with van der Waals surface area (Å²) in [6, 6.07) is 7.91. The van der Waals surface area contributed by atoms with Crippen molar-refractivity contribution in [3.05, 3.63) is 58.5 Å². The van der Waals surface area contributed by atoms with Gasteiger partial charge in [0.2, 0.25) is 0 Å². The van der Waals surface area contributed by atoms with Gasteiger partial charge >= 0.3 is 6.03 Å². The lowest BCUT2D eigenvalue weighted by Gasteiger charge is -2.33. The van der Waals surface area contributed by atoms with E-state index in [1.807, 2.05) is 6.08 Å². The average Bonchev–Trinajstić information content (AvgIpc) is 2.60. The average molecular weight is 361 g/mol. The van der Waals surface area contributed by atoms with Gasteiger partial charge in [0.25, 0.3) is 0 Å². The highest BCUT2D eigenvalue weighted by molar-refractivity contribution is 6.30. The van der Waals surface area contributed by atoms with Crippen molar-refractivity contribution in [3.63, 3.8) is 0 Å². The van der Waals surface area contributed by atoms with Crippen molar-refractivity contribution in [2.24, 2.45) is 5.92 Å². The molecule has 2 aromatic rings. The minimum atomic E-state index is -0.424. The molecule has 0 aliphatic carbocycles. The highest BCUT2D eigenvalue weighted by atomic mass is 35.5. The van der Waals surface area contributed by atoms with E-state index in [0.717, 1.165) is 12.0 Å². The van der Waals surface area contributed by atoms with Crippen LogP contribution in [0.2, 0.25) is 5.02 Å². The fourth-order valence-electron chi connectivity index (χ4n) is 2.82. The Morgan fingerprint density at radius 1 is 1.44 bits per heavy atom. The summed E-state index contributed by atoms with van der Waals surface area (Å²) in [5, 5.41) is 10.5. The van der Waals surface area contributed by atoms with Crippen LogP contribution in [0.4, 0.5) is 15.0 Å². The molecular formula is C18H18ClFN4O. The Labute approximate surface area is 150 Å². The maximum atomic E-state index is 13.3. The third kappa shape index (κ3) is 4.33. The van der Waals surface area contributed by atoms with Gasteiger partial charge in [0, 0.05) is 19.3 Å². The maximum Gasteiger partial charge on any atom is 0.323 e. The van der Waals surface area contributed by atoms with E-state index in [0.29, 0.717) is 18.9 Å². The van der Waals surface area contributed by atoms with Crippen molar-refractivity contribution in [2.45, 2.75) is 13.3 Å². The first-order chi connectivity index (χ1) is 12.0. The molecule has 1 saturated heterocycles. The van der Waals surface area contributed by atoms with Gasteiger partial charge in [0.15, 0.2) is 5.82 Å². The lowest BCUT2D eigenvalue weighted by Crippen LogP contribution is -2.42. The van der Waals surface area contributed by atoms with Crippen molar-refractivity contribution in [3.8, 4) is 0 Å². The van der Waals surface area contributed by atoms with Crippen LogP contribution >= 0.6 is 11.6 Å². The number of nitrogens with one attached hydrogen (secondary N) is 1. The SMILES string of the molecule is CC1CN(C(=O)Nc2cccnn2)CC/C1=C\c1ccc(F)c(Cl)c1. The third-order valence-corrected chi connectivity index (χ3v) is 4.48. The van der Waals surface area contributed by atoms with Crippen LogP contribution in [0.5, 0.6) is 0 Å². The number of carbonyl (C=O) groups excluding carboxylic acids is 1. The number of halogens is 2. The number of benzene rings is 1. The molecule has 5 nitrogen and oxygen atoms in total. The summed E-state index contributed by atoms with van der Waals surface area (Å²) in [6.07, 6.45) is 4.33. The zero-order valence-corrected chi connectivity index (χ0v) is 14.5. The van der Waals surface area contributed by atoms with Crippen LogP contribution in [0.1, 0.15) is 18.9 Å². The zero-order valence-electron chi connectivity index (χ0n) is 13.7. The van der Waals surface area contributed by atoms with E-state index in [1.165, 1.54) is 11.6 Å². The van der Waals surface area contributed by atoms with Gasteiger partial charge in [-0.15, -0.1) is 5.10 Å². The minimum absolute atomic E-state index is 0.114. The first-order valence-electron chi connectivity index (χ1n) is 8.02. The van der Waals surface area contributed by atoms with E-state index in [9.17, 15) is 9.18 Å². The van der Waals surface area contributed by atoms with E-state index in [2.05, 4.69) is 22.4 Å². The smallest absolute Gasteiger partial charge is 0.323 e. The number of piperidine rings is 1. The van der Waals surface area contributed by atoms with Gasteiger partial charge in [-0.1, -0.05) is 36.2 Å². The fourth-order valence-corrected chi connectivity index (χ4v) is 3.01. The summed E-state index contributed by atoms with van der Waals surface area (Å²) >= 11 is 5.83. The Balaban J connectivity index is 1.64. The number of rotatable bonds is 2. The van der Waals surface area contributed by atoms with Crippen LogP contribution in [0.25, 0.3) is 6.08 Å². The number of hydrogen-bond acceptors (Lipinski definition) is 3. The number of amides is 2. The predicted octanol–water partition coefficient (Wildman–Crippen LogP) is 4.23. The molecule has 3 rings (SSSR count). The van der Waals surface area contributed by atoms with Gasteiger partial charge < -0.3 is 4.90 Å². The van der Waals surface area contributed by atoms with E-state index < -0.39 is 5.82 Å². The fraction of sp³-hybridized carbons (Fsp3) is 0.278. The van der Waals surface area contributed by atoms with Gasteiger partial charge in [0.05, 0.1) is 5.02 Å². The van der Waals surface area contributed by atoms with Gasteiger partial charge in [-0.05, 0) is 42.2 Å². The number of aromatic nitrogens is 2. The van der Waals surface area contributed by atoms with Gasteiger partial charge in [-0.3, -0.25) is 5.32 Å². The predicted molar refractivity (Wildman–Crippen MR) is 95.8 cm³/mol. The second-order valence-electron chi connectivity index (χ2n) is 6.03. The van der Waals surface area contributed by atoms with E-state index in [1.54, 1.807) is 35.4 Å². The Morgan fingerprint density at radius 3 is 2.96 bits per heavy atom. The summed E-state index contributed by atoms with van der Waals surface area (Å²) in [6.45, 7) is 3.28. The molecule has 2 heterocycles. The molecule has 1 unspecified atom stereocenters. The molecule has 0 saturated carbocycles. The maximum absolute atomic E-state index is 13.3. The molecule has 0 radical (unpaired) electrons. The number of anilines is 1. The normalized spacial score (nSPS) is 19.1. The molecule has 1 N–H and O–H groups in total. The summed E-state index contributed by atoms with van der Waals surface area (Å²) < 4.78 is 13.3. The number of hydrogen-bond donors (Lipinski definition) is 1. The van der Waals surface area contributed by atoms with Crippen molar-refractivity contribution < 1.29 is 9.18 Å². The zero-order chi connectivity index (χ0) is 17.8. The summed E-state index contributed by atoms with van der Waals surface area (Å²) in [4.78, 5) is 14.1. The molecule has 0 spiro atoms. The van der Waals surface area contributed by atoms with E-state index >= 15 is 0 Å². The highest BCUT2D eigenvalue weighted by Gasteiger charge is 2.24. The standard InChI is InChI=1S/C18H18ClFN4O/c1-12-11-24(18(25)22-17-3-2-7-21-23-17)8-6-14(12)9-13-4-5-16(20)15(19)10-13/h2-5,7,9-10,12H,6,8,11H2,1H3,(H,22,23,25)/b14-9+. The lowest BCUT2D eigenvalue weighted by atomic mass is 9.91. The Hall–Kier alpha value is -2.47. The molecule has 25 heavy (non-hydrogen) atoms. The molecule has 1 aliphatic rings. The summed E-state index contributed by atoms with van der Waals surface area (Å²) in [7, 11) is 0. The van der Waals surface area contributed by atoms with Crippen LogP contribution in [0.15, 0.2) is 42.1 Å². The van der Waals surface area contributed by atoms with Crippen molar-refractivity contribution >= 4 is 29.5 Å². The number of urea groups is 1. The molecule has 0 bridgehead atoms. The van der Waals surface area contributed by atoms with Crippen molar-refractivity contribution in [1.29, 1.82) is 0 Å². The second-order valence-corrected chi connectivity index (χ2v) is 6.44. The first-order valence-corrected chi connectivity index (χ1v) is 8.40. The Kier molecular flexibility index (Phi) is 5.28.